The van der Waals surface area contributed by atoms with E-state index in [2.05, 4.69) is 5.32 Å². The molecule has 2 amide bonds. The molecule has 234 valence electrons. The minimum absolute atomic E-state index is 0.0434. The van der Waals surface area contributed by atoms with Crippen molar-refractivity contribution in [2.45, 2.75) is 31.7 Å². The number of hydrogen-bond donors (Lipinski definition) is 1. The summed E-state index contributed by atoms with van der Waals surface area (Å²) in [6.07, 6.45) is 0.488. The van der Waals surface area contributed by atoms with Crippen LogP contribution in [0, 0.1) is 0 Å². The van der Waals surface area contributed by atoms with E-state index in [1.54, 1.807) is 24.3 Å². The van der Waals surface area contributed by atoms with Crippen molar-refractivity contribution in [3.05, 3.63) is 127 Å². The van der Waals surface area contributed by atoms with Gasteiger partial charge in [-0.25, -0.2) is 9.59 Å². The summed E-state index contributed by atoms with van der Waals surface area (Å²) >= 11 is 0. The van der Waals surface area contributed by atoms with Gasteiger partial charge in [0.2, 0.25) is 11.8 Å². The van der Waals surface area contributed by atoms with Gasteiger partial charge in [-0.15, -0.1) is 0 Å². The molecule has 1 aliphatic heterocycles. The van der Waals surface area contributed by atoms with Crippen LogP contribution in [0.15, 0.2) is 121 Å². The third-order valence-electron chi connectivity index (χ3n) is 7.85. The number of β-lactam (4-membered cyclic amide) rings is 1. The fourth-order valence-electron chi connectivity index (χ4n) is 5.86. The van der Waals surface area contributed by atoms with Gasteiger partial charge in [-0.1, -0.05) is 121 Å². The van der Waals surface area contributed by atoms with Gasteiger partial charge in [-0.2, -0.15) is 0 Å². The first-order valence-corrected chi connectivity index (χ1v) is 16.4. The molecule has 2 unspecified atom stereocenters. The van der Waals surface area contributed by atoms with E-state index in [9.17, 15) is 24.0 Å². The largest absolute Gasteiger partial charge is 0.466 e. The van der Waals surface area contributed by atoms with Crippen LogP contribution in [0.1, 0.15) is 12.5 Å². The first-order chi connectivity index (χ1) is 22.3. The monoisotopic (exact) mass is 636 g/mol. The first-order valence-electron chi connectivity index (χ1n) is 14.6. The predicted molar refractivity (Wildman–Crippen MR) is 176 cm³/mol. The fraction of sp³-hybridized carbons (Fsp3) is 0.167. The van der Waals surface area contributed by atoms with Crippen LogP contribution in [0.5, 0.6) is 0 Å². The van der Waals surface area contributed by atoms with Crippen LogP contribution in [0.25, 0.3) is 0 Å². The number of nitrogens with one attached hydrogen (secondary N) is 1. The lowest BCUT2D eigenvalue weighted by molar-refractivity contribution is -0.167. The molecule has 1 N–H and O–H groups in total. The molecule has 1 heterocycles. The average Bonchev–Trinajstić information content (AvgIpc) is 3.10. The van der Waals surface area contributed by atoms with Gasteiger partial charge in [0.05, 0.1) is 12.4 Å². The lowest BCUT2D eigenvalue weighted by Crippen LogP contribution is -2.76. The van der Waals surface area contributed by atoms with Gasteiger partial charge in [-0.3, -0.25) is 9.59 Å². The number of carbonyl (C=O) groups is 5. The number of esters is 2. The Labute approximate surface area is 267 Å². The Morgan fingerprint density at radius 1 is 0.804 bits per heavy atom. The minimum atomic E-state index is -3.34. The average molecular weight is 637 g/mol. The third-order valence-corrected chi connectivity index (χ3v) is 12.2. The topological polar surface area (TPSA) is 119 Å². The lowest BCUT2D eigenvalue weighted by Gasteiger charge is -2.48. The van der Waals surface area contributed by atoms with Crippen molar-refractivity contribution in [2.75, 3.05) is 7.11 Å². The number of amides is 2. The molecule has 0 aliphatic carbocycles. The number of aldehydes is 1. The highest BCUT2D eigenvalue weighted by atomic mass is 31.2. The molecule has 1 aliphatic rings. The summed E-state index contributed by atoms with van der Waals surface area (Å²) in [5.74, 6) is -2.99. The van der Waals surface area contributed by atoms with E-state index in [1.165, 1.54) is 14.0 Å². The van der Waals surface area contributed by atoms with Crippen molar-refractivity contribution in [2.24, 2.45) is 0 Å². The molecule has 5 rings (SSSR count). The van der Waals surface area contributed by atoms with Crippen molar-refractivity contribution in [1.82, 2.24) is 10.2 Å². The van der Waals surface area contributed by atoms with E-state index in [0.29, 0.717) is 27.8 Å². The van der Waals surface area contributed by atoms with E-state index in [0.717, 1.165) is 4.90 Å². The summed E-state index contributed by atoms with van der Waals surface area (Å²) < 4.78 is 11.3. The summed E-state index contributed by atoms with van der Waals surface area (Å²) in [4.78, 5) is 68.2. The van der Waals surface area contributed by atoms with Crippen molar-refractivity contribution < 1.29 is 33.4 Å². The van der Waals surface area contributed by atoms with Crippen LogP contribution in [0.3, 0.4) is 0 Å². The standard InChI is InChI=1S/C36H33N2O7P/c1-25(40)37-31-30(23-39)38(34(31)41)32(35(42)45-24-26-15-7-3-8-16-26)33(36(43)44-2)46(27-17-9-4-10-18-27,28-19-11-5-12-20-28)29-21-13-6-14-22-29/h3-23,30-32H,24H2,1-2H3,(H,37,40)/t30?,31?,32-/m0/s1. The third kappa shape index (κ3) is 6.02. The quantitative estimate of drug-likeness (QED) is 0.116. The van der Waals surface area contributed by atoms with Crippen LogP contribution in [0.2, 0.25) is 0 Å². The Kier molecular flexibility index (Phi) is 9.94. The SMILES string of the molecule is COC(=O)C([C@@H](C(=O)OCc1ccccc1)N1C(=O)C(NC(C)=O)C1C=O)=P(c1ccccc1)(c1ccccc1)c1ccccc1. The Morgan fingerprint density at radius 2 is 1.26 bits per heavy atom. The minimum Gasteiger partial charge on any atom is -0.466 e. The number of methoxy groups -OCH3 is 1. The summed E-state index contributed by atoms with van der Waals surface area (Å²) in [6.45, 7) is -2.26. The summed E-state index contributed by atoms with van der Waals surface area (Å²) in [7, 11) is 1.21. The molecular weight excluding hydrogens is 603 g/mol. The number of nitrogens with zero attached hydrogens (tertiary/aromatic N) is 1. The zero-order valence-electron chi connectivity index (χ0n) is 25.3. The second-order valence-corrected chi connectivity index (χ2v) is 14.0. The molecule has 1 saturated heterocycles. The van der Waals surface area contributed by atoms with Gasteiger partial charge in [0, 0.05) is 6.92 Å². The molecule has 10 heteroatoms. The molecule has 9 nitrogen and oxygen atoms in total. The second-order valence-electron chi connectivity index (χ2n) is 10.6. The van der Waals surface area contributed by atoms with Crippen molar-refractivity contribution in [1.29, 1.82) is 0 Å². The van der Waals surface area contributed by atoms with E-state index in [-0.39, 0.29) is 11.9 Å². The highest BCUT2D eigenvalue weighted by molar-refractivity contribution is 7.96. The maximum Gasteiger partial charge on any atom is 0.337 e. The molecule has 46 heavy (non-hydrogen) atoms. The molecule has 4 aromatic rings. The summed E-state index contributed by atoms with van der Waals surface area (Å²) in [5.41, 5.74) is 0.683. The van der Waals surface area contributed by atoms with Gasteiger partial charge in [0.25, 0.3) is 0 Å². The van der Waals surface area contributed by atoms with Crippen molar-refractivity contribution in [3.63, 3.8) is 0 Å². The molecule has 0 radical (unpaired) electrons. The number of hydrogen-bond acceptors (Lipinski definition) is 7. The maximum atomic E-state index is 14.5. The smallest absolute Gasteiger partial charge is 0.337 e. The predicted octanol–water partition coefficient (Wildman–Crippen LogP) is 2.35. The molecule has 0 aromatic heterocycles. The Balaban J connectivity index is 1.89. The number of likely N-dealkylation sites (tertiary alicyclic amines) is 1. The van der Waals surface area contributed by atoms with Gasteiger partial charge in [-0.05, 0) is 28.4 Å². The normalized spacial score (nSPS) is 16.4. The molecule has 3 atom stereocenters. The molecule has 0 saturated carbocycles. The number of rotatable bonds is 11. The Bertz CT molecular complexity index is 1680. The number of carbonyl (C=O) groups excluding carboxylic acids is 5. The van der Waals surface area contributed by atoms with E-state index in [1.807, 2.05) is 97.1 Å². The zero-order valence-corrected chi connectivity index (χ0v) is 26.2. The van der Waals surface area contributed by atoms with Crippen LogP contribution < -0.4 is 21.2 Å². The highest BCUT2D eigenvalue weighted by Crippen LogP contribution is 2.48. The van der Waals surface area contributed by atoms with Crippen molar-refractivity contribution in [3.8, 4) is 0 Å². The highest BCUT2D eigenvalue weighted by Gasteiger charge is 2.57. The summed E-state index contributed by atoms with van der Waals surface area (Å²) in [6, 6.07) is 32.6. The van der Waals surface area contributed by atoms with Gasteiger partial charge in [0.15, 0.2) is 6.04 Å². The van der Waals surface area contributed by atoms with Gasteiger partial charge < -0.3 is 24.5 Å². The molecule has 4 aromatic carbocycles. The first kappa shape index (κ1) is 32.1. The van der Waals surface area contributed by atoms with E-state index in [4.69, 9.17) is 9.47 Å². The Hall–Kier alpha value is -5.27. The summed E-state index contributed by atoms with van der Waals surface area (Å²) in [5, 5.41) is 4.59. The fourth-order valence-corrected chi connectivity index (χ4v) is 10.4. The van der Waals surface area contributed by atoms with Crippen LogP contribution in [0.4, 0.5) is 0 Å². The Morgan fingerprint density at radius 3 is 1.67 bits per heavy atom. The maximum absolute atomic E-state index is 14.5. The van der Waals surface area contributed by atoms with E-state index < -0.39 is 48.8 Å². The van der Waals surface area contributed by atoms with Gasteiger partial charge in [0.1, 0.15) is 25.0 Å². The molecule has 1 fully saturated rings. The van der Waals surface area contributed by atoms with Crippen LogP contribution in [-0.4, -0.2) is 65.5 Å². The van der Waals surface area contributed by atoms with Crippen LogP contribution in [-0.2, 0) is 40.1 Å². The molecule has 0 bridgehead atoms. The number of benzene rings is 4. The second kappa shape index (κ2) is 14.2. The molecule has 0 spiro atoms. The molecular formula is C36H33N2O7P. The van der Waals surface area contributed by atoms with Crippen molar-refractivity contribution >= 4 is 58.1 Å². The van der Waals surface area contributed by atoms with E-state index >= 15 is 0 Å². The van der Waals surface area contributed by atoms with Gasteiger partial charge >= 0.3 is 11.9 Å². The van der Waals surface area contributed by atoms with Crippen LogP contribution >= 0.6 is 6.89 Å². The number of ether oxygens (including phenoxy) is 2. The lowest BCUT2D eigenvalue weighted by atomic mass is 9.92. The zero-order chi connectivity index (χ0) is 32.7.